The molecule has 0 heterocycles. The summed E-state index contributed by atoms with van der Waals surface area (Å²) < 4.78 is 4.11. The Labute approximate surface area is 128 Å². The molecule has 0 spiro atoms. The Hall–Kier alpha value is -0.0649. The van der Waals surface area contributed by atoms with E-state index in [2.05, 4.69) is 31.9 Å². The molecule has 0 amide bonds. The molecule has 2 aromatic carbocycles. The molecule has 17 heavy (non-hydrogen) atoms. The van der Waals surface area contributed by atoms with E-state index in [1.807, 2.05) is 24.3 Å². The van der Waals surface area contributed by atoms with Crippen molar-refractivity contribution < 1.29 is 34.8 Å². The van der Waals surface area contributed by atoms with Gasteiger partial charge in [0.2, 0.25) is 0 Å². The Morgan fingerprint density at radius 2 is 1.18 bits per heavy atom. The van der Waals surface area contributed by atoms with Crippen molar-refractivity contribution in [2.75, 3.05) is 0 Å². The van der Waals surface area contributed by atoms with Gasteiger partial charge in [-0.2, -0.15) is 0 Å². The van der Waals surface area contributed by atoms with Crippen LogP contribution in [0, 0.1) is 0 Å². The van der Waals surface area contributed by atoms with Crippen molar-refractivity contribution in [3.8, 4) is 11.5 Å². The first-order chi connectivity index (χ1) is 8.06. The number of benzene rings is 2. The van der Waals surface area contributed by atoms with Crippen molar-refractivity contribution in [3.05, 3.63) is 45.3 Å². The molecule has 0 fully saturated rings. The Morgan fingerprint density at radius 3 is 1.53 bits per heavy atom. The summed E-state index contributed by atoms with van der Waals surface area (Å²) in [5.41, 5.74) is 0. The molecule has 0 aliphatic carbocycles. The minimum absolute atomic E-state index is 0.272. The van der Waals surface area contributed by atoms with Gasteiger partial charge in [-0.15, -0.1) is 0 Å². The molecule has 2 rings (SSSR count). The fraction of sp³-hybridized carbons (Fsp3) is 0. The topological polar surface area (TPSA) is 40.5 Å². The number of aromatic hydroxyl groups is 2. The van der Waals surface area contributed by atoms with Crippen molar-refractivity contribution >= 4 is 38.0 Å². The van der Waals surface area contributed by atoms with E-state index in [9.17, 15) is 10.2 Å². The van der Waals surface area contributed by atoms with E-state index >= 15 is 0 Å². The molecule has 0 bridgehead atoms. The second-order valence-corrected chi connectivity index (χ2v) is 13.2. The quantitative estimate of drug-likeness (QED) is 0.571. The van der Waals surface area contributed by atoms with E-state index in [4.69, 9.17) is 0 Å². The summed E-state index contributed by atoms with van der Waals surface area (Å²) in [6, 6.07) is 11.4. The first kappa shape index (κ1) is 13.4. The average molecular weight is 545 g/mol. The van der Waals surface area contributed by atoms with Crippen molar-refractivity contribution in [2.45, 2.75) is 0 Å². The van der Waals surface area contributed by atoms with Crippen LogP contribution in [0.1, 0.15) is 0 Å². The van der Waals surface area contributed by atoms with Crippen LogP contribution in [-0.4, -0.2) is 10.2 Å². The second kappa shape index (κ2) is 5.72. The van der Waals surface area contributed by atoms with Crippen molar-refractivity contribution in [2.24, 2.45) is 0 Å². The summed E-state index contributed by atoms with van der Waals surface area (Å²) in [5, 5.41) is 18.9. The van der Waals surface area contributed by atoms with E-state index in [0.29, 0.717) is 0 Å². The van der Waals surface area contributed by atoms with Gasteiger partial charge in [-0.3, -0.25) is 0 Å². The maximum absolute atomic E-state index is 9.43. The fourth-order valence-corrected chi connectivity index (χ4v) is 10.8. The molecule has 0 saturated carbocycles. The minimum atomic E-state index is -1.39. The Balaban J connectivity index is 2.25. The second-order valence-electron chi connectivity index (χ2n) is 3.75. The van der Waals surface area contributed by atoms with E-state index < -0.39 is 24.6 Å². The molecule has 2 N–H and O–H groups in total. The normalized spacial score (nSPS) is 10.0. The van der Waals surface area contributed by atoms with Crippen LogP contribution in [0.15, 0.2) is 45.3 Å². The van der Waals surface area contributed by atoms with Crippen LogP contribution in [0.25, 0.3) is 0 Å². The predicted molar refractivity (Wildman–Crippen MR) is 70.9 cm³/mol. The summed E-state index contributed by atoms with van der Waals surface area (Å²) in [7, 11) is 0. The van der Waals surface area contributed by atoms with E-state index in [0.717, 1.165) is 8.95 Å². The van der Waals surface area contributed by atoms with Gasteiger partial charge in [0.25, 0.3) is 0 Å². The Morgan fingerprint density at radius 1 is 0.765 bits per heavy atom. The zero-order valence-electron chi connectivity index (χ0n) is 8.82. The summed E-state index contributed by atoms with van der Waals surface area (Å²) in [4.78, 5) is 0. The fourth-order valence-electron chi connectivity index (χ4n) is 1.56. The van der Waals surface area contributed by atoms with Gasteiger partial charge in [-0.25, -0.2) is 0 Å². The first-order valence-electron chi connectivity index (χ1n) is 5.01. The van der Waals surface area contributed by atoms with E-state index in [1.54, 1.807) is 12.1 Å². The molecule has 0 unspecified atom stereocenters. The Bertz CT molecular complexity index is 509. The third-order valence-electron chi connectivity index (χ3n) is 2.43. The summed E-state index contributed by atoms with van der Waals surface area (Å²) in [6.45, 7) is 0. The molecular weight excluding hydrogens is 537 g/mol. The zero-order chi connectivity index (χ0) is 12.4. The van der Waals surface area contributed by atoms with Gasteiger partial charge < -0.3 is 0 Å². The molecule has 0 aromatic heterocycles. The SMILES string of the molecule is Oc1cc[c]([Hg][c]2ccc(O)c(Br)c2)cc1Br. The summed E-state index contributed by atoms with van der Waals surface area (Å²) >= 11 is 5.25. The van der Waals surface area contributed by atoms with Crippen LogP contribution in [0.5, 0.6) is 11.5 Å². The van der Waals surface area contributed by atoms with Crippen LogP contribution >= 0.6 is 31.9 Å². The number of hydrogen-bond donors (Lipinski definition) is 2. The predicted octanol–water partition coefficient (Wildman–Crippen LogP) is 2.66. The number of hydrogen-bond acceptors (Lipinski definition) is 2. The molecule has 2 aromatic rings. The third kappa shape index (κ3) is 3.45. The molecule has 0 aliphatic rings. The van der Waals surface area contributed by atoms with Crippen LogP contribution in [0.3, 0.4) is 0 Å². The molecular formula is C12H8Br2HgO2. The van der Waals surface area contributed by atoms with Gasteiger partial charge in [0, 0.05) is 0 Å². The summed E-state index contributed by atoms with van der Waals surface area (Å²) in [5.74, 6) is 0.545. The van der Waals surface area contributed by atoms with E-state index in [-0.39, 0.29) is 11.5 Å². The van der Waals surface area contributed by atoms with Crippen LogP contribution < -0.4 is 6.14 Å². The monoisotopic (exact) mass is 544 g/mol. The van der Waals surface area contributed by atoms with Gasteiger partial charge in [-0.05, 0) is 0 Å². The molecule has 5 heteroatoms. The standard InChI is InChI=1S/2C6H4BrO.Hg/c2*7-5-3-1-2-4-6(5)8;/h2*2-4,8H;. The molecule has 84 valence electrons. The Kier molecular flexibility index (Phi) is 4.50. The van der Waals surface area contributed by atoms with Crippen LogP contribution in [0.2, 0.25) is 0 Å². The van der Waals surface area contributed by atoms with Crippen LogP contribution in [-0.2, 0) is 24.6 Å². The van der Waals surface area contributed by atoms with Crippen molar-refractivity contribution in [1.29, 1.82) is 0 Å². The number of rotatable bonds is 2. The molecule has 0 saturated heterocycles. The molecule has 0 aliphatic heterocycles. The molecule has 2 nitrogen and oxygen atoms in total. The van der Waals surface area contributed by atoms with Gasteiger partial charge >= 0.3 is 130 Å². The van der Waals surface area contributed by atoms with Gasteiger partial charge in [0.05, 0.1) is 0 Å². The van der Waals surface area contributed by atoms with E-state index in [1.165, 1.54) is 6.14 Å². The third-order valence-corrected chi connectivity index (χ3v) is 10.3. The first-order valence-corrected chi connectivity index (χ1v) is 12.1. The molecule has 0 atom stereocenters. The van der Waals surface area contributed by atoms with Gasteiger partial charge in [-0.1, -0.05) is 0 Å². The molecule has 0 radical (unpaired) electrons. The van der Waals surface area contributed by atoms with Gasteiger partial charge in [0.15, 0.2) is 0 Å². The van der Waals surface area contributed by atoms with Crippen molar-refractivity contribution in [3.63, 3.8) is 0 Å². The van der Waals surface area contributed by atoms with Gasteiger partial charge in [0.1, 0.15) is 0 Å². The number of phenolic OH excluding ortho intramolecular Hbond substituents is 2. The maximum atomic E-state index is 9.43. The summed E-state index contributed by atoms with van der Waals surface area (Å²) in [6.07, 6.45) is 0. The number of halogens is 2. The van der Waals surface area contributed by atoms with Crippen LogP contribution in [0.4, 0.5) is 0 Å². The number of phenols is 2. The average Bonchev–Trinajstić information content (AvgIpc) is 2.29. The zero-order valence-corrected chi connectivity index (χ0v) is 17.5. The van der Waals surface area contributed by atoms with Crippen molar-refractivity contribution in [1.82, 2.24) is 0 Å².